The number of nitrogens with one attached hydrogen (secondary N) is 3. The van der Waals surface area contributed by atoms with Crippen LogP contribution in [0.15, 0.2) is 28.4 Å². The van der Waals surface area contributed by atoms with Crippen LogP contribution in [0.4, 0.5) is 5.69 Å². The number of hydrogen-bond donors (Lipinski definition) is 3. The quantitative estimate of drug-likeness (QED) is 0.622. The summed E-state index contributed by atoms with van der Waals surface area (Å²) in [5, 5.41) is 16.1. The number of nitrogens with zero attached hydrogens (tertiary/aromatic N) is 2. The first-order valence-corrected chi connectivity index (χ1v) is 8.68. The summed E-state index contributed by atoms with van der Waals surface area (Å²) >= 11 is 1.13. The van der Waals surface area contributed by atoms with Gasteiger partial charge in [-0.2, -0.15) is 5.26 Å². The Balaban J connectivity index is 1.52. The molecule has 2 amide bonds. The van der Waals surface area contributed by atoms with Gasteiger partial charge in [-0.25, -0.2) is 4.98 Å². The minimum atomic E-state index is -0.557. The average molecular weight is 381 g/mol. The Kier molecular flexibility index (Phi) is 4.06. The molecular formula is C17H11N5O4S. The molecule has 1 aliphatic heterocycles. The maximum absolute atomic E-state index is 12.3. The molecule has 27 heavy (non-hydrogen) atoms. The van der Waals surface area contributed by atoms with Crippen molar-refractivity contribution >= 4 is 39.1 Å². The van der Waals surface area contributed by atoms with Gasteiger partial charge in [0.15, 0.2) is 6.61 Å². The summed E-state index contributed by atoms with van der Waals surface area (Å²) in [5.41, 5.74) is 0.971. The van der Waals surface area contributed by atoms with E-state index in [1.165, 1.54) is 5.38 Å². The third-order valence-electron chi connectivity index (χ3n) is 3.91. The number of benzene rings is 1. The number of nitriles is 1. The number of aromatic nitrogens is 2. The second kappa shape index (κ2) is 6.54. The van der Waals surface area contributed by atoms with Gasteiger partial charge in [0.2, 0.25) is 5.82 Å². The van der Waals surface area contributed by atoms with Gasteiger partial charge in [-0.05, 0) is 17.7 Å². The third-order valence-corrected chi connectivity index (χ3v) is 4.78. The van der Waals surface area contributed by atoms with Gasteiger partial charge in [0.05, 0.1) is 16.6 Å². The summed E-state index contributed by atoms with van der Waals surface area (Å²) in [6, 6.07) is 7.09. The van der Waals surface area contributed by atoms with E-state index in [1.54, 1.807) is 18.2 Å². The van der Waals surface area contributed by atoms with Crippen molar-refractivity contribution in [1.82, 2.24) is 15.3 Å². The fourth-order valence-corrected chi connectivity index (χ4v) is 3.51. The van der Waals surface area contributed by atoms with E-state index in [0.717, 1.165) is 16.9 Å². The molecule has 1 aliphatic rings. The van der Waals surface area contributed by atoms with Gasteiger partial charge in [0, 0.05) is 11.9 Å². The Labute approximate surface area is 155 Å². The topological polar surface area (TPSA) is 137 Å². The predicted octanol–water partition coefficient (Wildman–Crippen LogP) is 1.12. The lowest BCUT2D eigenvalue weighted by Crippen LogP contribution is -2.28. The van der Waals surface area contributed by atoms with Crippen molar-refractivity contribution in [1.29, 1.82) is 5.26 Å². The Bertz CT molecular complexity index is 1190. The van der Waals surface area contributed by atoms with Crippen LogP contribution in [-0.4, -0.2) is 28.4 Å². The molecule has 4 rings (SSSR count). The molecule has 3 aromatic rings. The molecule has 0 unspecified atom stereocenters. The number of thiophene rings is 1. The molecule has 3 N–H and O–H groups in total. The lowest BCUT2D eigenvalue weighted by Gasteiger charge is -2.18. The summed E-state index contributed by atoms with van der Waals surface area (Å²) in [6.45, 7) is 0.137. The molecule has 0 fully saturated rings. The molecule has 10 heteroatoms. The van der Waals surface area contributed by atoms with Gasteiger partial charge >= 0.3 is 0 Å². The lowest BCUT2D eigenvalue weighted by atomic mass is 10.1. The minimum Gasteiger partial charge on any atom is -0.482 e. The minimum absolute atomic E-state index is 0.0270. The molecule has 3 heterocycles. The van der Waals surface area contributed by atoms with Crippen molar-refractivity contribution in [2.24, 2.45) is 0 Å². The first kappa shape index (κ1) is 16.7. The van der Waals surface area contributed by atoms with E-state index in [0.29, 0.717) is 16.3 Å². The van der Waals surface area contributed by atoms with Gasteiger partial charge in [-0.15, -0.1) is 11.3 Å². The number of amides is 2. The fraction of sp³-hybridized carbons (Fsp3) is 0.118. The van der Waals surface area contributed by atoms with Gasteiger partial charge in [-0.3, -0.25) is 14.4 Å². The Morgan fingerprint density at radius 2 is 2.26 bits per heavy atom. The van der Waals surface area contributed by atoms with Crippen molar-refractivity contribution in [3.05, 3.63) is 50.9 Å². The monoisotopic (exact) mass is 381 g/mol. The zero-order valence-corrected chi connectivity index (χ0v) is 14.5. The Hall–Kier alpha value is -3.71. The normalized spacial score (nSPS) is 12.6. The van der Waals surface area contributed by atoms with Crippen LogP contribution >= 0.6 is 11.3 Å². The van der Waals surface area contributed by atoms with Crippen molar-refractivity contribution in [3.8, 4) is 11.8 Å². The fourth-order valence-electron chi connectivity index (χ4n) is 2.65. The van der Waals surface area contributed by atoms with E-state index in [2.05, 4.69) is 20.6 Å². The molecule has 0 radical (unpaired) electrons. The number of H-pyrrole nitrogens is 1. The molecule has 1 aromatic carbocycles. The van der Waals surface area contributed by atoms with E-state index in [4.69, 9.17) is 10.00 Å². The zero-order valence-electron chi connectivity index (χ0n) is 13.7. The summed E-state index contributed by atoms with van der Waals surface area (Å²) in [6.07, 6.45) is 0. The van der Waals surface area contributed by atoms with Gasteiger partial charge < -0.3 is 20.4 Å². The van der Waals surface area contributed by atoms with E-state index in [-0.39, 0.29) is 35.8 Å². The first-order valence-electron chi connectivity index (χ1n) is 7.80. The zero-order chi connectivity index (χ0) is 19.0. The smallest absolute Gasteiger partial charge is 0.287 e. The van der Waals surface area contributed by atoms with Crippen LogP contribution in [0, 0.1) is 11.3 Å². The van der Waals surface area contributed by atoms with Crippen LogP contribution in [0.1, 0.15) is 21.7 Å². The number of carbonyl (C=O) groups is 2. The number of hydrogen-bond acceptors (Lipinski definition) is 7. The van der Waals surface area contributed by atoms with Crippen LogP contribution in [0.25, 0.3) is 10.2 Å². The molecule has 0 spiro atoms. The summed E-state index contributed by atoms with van der Waals surface area (Å²) < 4.78 is 5.28. The van der Waals surface area contributed by atoms with Crippen LogP contribution in [0.2, 0.25) is 0 Å². The number of anilines is 1. The number of ether oxygens (including phenoxy) is 1. The largest absolute Gasteiger partial charge is 0.482 e. The highest BCUT2D eigenvalue weighted by Gasteiger charge is 2.17. The van der Waals surface area contributed by atoms with Gasteiger partial charge in [-0.1, -0.05) is 6.07 Å². The second-order valence-corrected chi connectivity index (χ2v) is 6.56. The molecule has 0 saturated carbocycles. The van der Waals surface area contributed by atoms with E-state index in [1.807, 2.05) is 6.07 Å². The standard InChI is InChI=1S/C17H11N5O4S/c18-4-9-7-27-17-13(9)15(24)21-14(22-17)16(25)19-5-8-1-2-11-10(3-8)20-12(23)6-26-11/h1-3,7H,5-6H2,(H,19,25)(H,20,23)(H,21,22,24). The van der Waals surface area contributed by atoms with E-state index in [9.17, 15) is 14.4 Å². The van der Waals surface area contributed by atoms with E-state index >= 15 is 0 Å². The van der Waals surface area contributed by atoms with Crippen molar-refractivity contribution in [3.63, 3.8) is 0 Å². The molecule has 0 aliphatic carbocycles. The summed E-state index contributed by atoms with van der Waals surface area (Å²) in [5.74, 6) is -0.370. The van der Waals surface area contributed by atoms with Crippen LogP contribution in [0.3, 0.4) is 0 Å². The Morgan fingerprint density at radius 3 is 3.07 bits per heavy atom. The molecule has 2 aromatic heterocycles. The van der Waals surface area contributed by atoms with Crippen molar-refractivity contribution in [2.75, 3.05) is 11.9 Å². The molecule has 134 valence electrons. The molecular weight excluding hydrogens is 370 g/mol. The molecule has 0 atom stereocenters. The third kappa shape index (κ3) is 3.11. The molecule has 0 bridgehead atoms. The van der Waals surface area contributed by atoms with Crippen LogP contribution in [-0.2, 0) is 11.3 Å². The highest BCUT2D eigenvalue weighted by Crippen LogP contribution is 2.28. The maximum atomic E-state index is 12.3. The first-order chi connectivity index (χ1) is 13.0. The Morgan fingerprint density at radius 1 is 1.41 bits per heavy atom. The average Bonchev–Trinajstić information content (AvgIpc) is 3.09. The summed E-state index contributed by atoms with van der Waals surface area (Å²) in [4.78, 5) is 42.7. The maximum Gasteiger partial charge on any atom is 0.287 e. The number of aromatic amines is 1. The number of carbonyl (C=O) groups excluding carboxylic acids is 2. The van der Waals surface area contributed by atoms with Gasteiger partial charge in [0.1, 0.15) is 16.6 Å². The van der Waals surface area contributed by atoms with Gasteiger partial charge in [0.25, 0.3) is 17.4 Å². The van der Waals surface area contributed by atoms with Crippen molar-refractivity contribution < 1.29 is 14.3 Å². The highest BCUT2D eigenvalue weighted by molar-refractivity contribution is 7.17. The predicted molar refractivity (Wildman–Crippen MR) is 96.7 cm³/mol. The number of fused-ring (bicyclic) bond motifs is 2. The van der Waals surface area contributed by atoms with Crippen LogP contribution in [0.5, 0.6) is 5.75 Å². The second-order valence-electron chi connectivity index (χ2n) is 5.71. The lowest BCUT2D eigenvalue weighted by molar-refractivity contribution is -0.118. The molecule has 9 nitrogen and oxygen atoms in total. The van der Waals surface area contributed by atoms with Crippen LogP contribution < -0.4 is 20.9 Å². The van der Waals surface area contributed by atoms with Crippen molar-refractivity contribution in [2.45, 2.75) is 6.54 Å². The van der Waals surface area contributed by atoms with E-state index < -0.39 is 11.5 Å². The summed E-state index contributed by atoms with van der Waals surface area (Å²) in [7, 11) is 0. The SMILES string of the molecule is N#Cc1csc2nc(C(=O)NCc3ccc4c(c3)NC(=O)CO4)[nH]c(=O)c12. The number of rotatable bonds is 3. The highest BCUT2D eigenvalue weighted by atomic mass is 32.1. The molecule has 0 saturated heterocycles.